The number of hydrogen-bond donors (Lipinski definition) is 0. The van der Waals surface area contributed by atoms with Gasteiger partial charge in [-0.25, -0.2) is 9.69 Å². The first kappa shape index (κ1) is 15.4. The standard InChI is InChI=1S/C19H17N3O3/c1-2-11-25-14-9-7-13(8-10-14)21-18(23)17-12-20-15-5-3-4-6-16(15)22(17)19(21)24/h3-10,12,17H,2,11H2,1H3. The van der Waals surface area contributed by atoms with Crippen LogP contribution in [-0.2, 0) is 4.79 Å². The second-order valence-corrected chi connectivity index (χ2v) is 5.88. The Morgan fingerprint density at radius 3 is 2.60 bits per heavy atom. The van der Waals surface area contributed by atoms with Gasteiger partial charge in [-0.05, 0) is 42.8 Å². The minimum atomic E-state index is -0.696. The summed E-state index contributed by atoms with van der Waals surface area (Å²) in [6, 6.07) is 13.2. The molecule has 2 aromatic carbocycles. The molecule has 1 atom stereocenters. The van der Waals surface area contributed by atoms with Crippen LogP contribution in [0, 0.1) is 0 Å². The number of carbonyl (C=O) groups is 2. The van der Waals surface area contributed by atoms with E-state index in [2.05, 4.69) is 4.99 Å². The van der Waals surface area contributed by atoms with Crippen molar-refractivity contribution in [2.75, 3.05) is 16.4 Å². The Morgan fingerprint density at radius 1 is 1.08 bits per heavy atom. The lowest BCUT2D eigenvalue weighted by molar-refractivity contribution is -0.116. The Labute approximate surface area is 145 Å². The van der Waals surface area contributed by atoms with E-state index < -0.39 is 6.04 Å². The fraction of sp³-hybridized carbons (Fsp3) is 0.211. The highest BCUT2D eigenvalue weighted by molar-refractivity contribution is 6.34. The quantitative estimate of drug-likeness (QED) is 0.803. The van der Waals surface area contributed by atoms with E-state index in [4.69, 9.17) is 4.74 Å². The van der Waals surface area contributed by atoms with Gasteiger partial charge >= 0.3 is 6.03 Å². The van der Waals surface area contributed by atoms with Crippen LogP contribution in [0.3, 0.4) is 0 Å². The number of urea groups is 1. The van der Waals surface area contributed by atoms with Crippen molar-refractivity contribution in [3.63, 3.8) is 0 Å². The Kier molecular flexibility index (Phi) is 3.72. The fourth-order valence-corrected chi connectivity index (χ4v) is 3.02. The number of ether oxygens (including phenoxy) is 1. The van der Waals surface area contributed by atoms with Gasteiger partial charge in [-0.15, -0.1) is 0 Å². The highest BCUT2D eigenvalue weighted by atomic mass is 16.5. The average molecular weight is 335 g/mol. The average Bonchev–Trinajstić information content (AvgIpc) is 2.91. The van der Waals surface area contributed by atoms with Gasteiger partial charge in [-0.1, -0.05) is 19.1 Å². The van der Waals surface area contributed by atoms with Gasteiger partial charge in [0.05, 0.1) is 23.7 Å². The van der Waals surface area contributed by atoms with Crippen molar-refractivity contribution in [2.45, 2.75) is 19.4 Å². The van der Waals surface area contributed by atoms with Crippen molar-refractivity contribution in [3.8, 4) is 5.75 Å². The van der Waals surface area contributed by atoms with Gasteiger partial charge in [0.2, 0.25) is 0 Å². The molecule has 0 spiro atoms. The maximum absolute atomic E-state index is 12.9. The van der Waals surface area contributed by atoms with Crippen LogP contribution in [0.4, 0.5) is 21.9 Å². The molecule has 0 radical (unpaired) electrons. The van der Waals surface area contributed by atoms with E-state index >= 15 is 0 Å². The first-order valence-electron chi connectivity index (χ1n) is 8.24. The predicted molar refractivity (Wildman–Crippen MR) is 96.0 cm³/mol. The molecular formula is C19H17N3O3. The van der Waals surface area contributed by atoms with E-state index in [0.717, 1.165) is 6.42 Å². The minimum absolute atomic E-state index is 0.300. The van der Waals surface area contributed by atoms with Crippen LogP contribution in [0.25, 0.3) is 0 Å². The fourth-order valence-electron chi connectivity index (χ4n) is 3.02. The molecular weight excluding hydrogens is 318 g/mol. The van der Waals surface area contributed by atoms with Gasteiger partial charge in [0.1, 0.15) is 5.75 Å². The molecule has 2 aliphatic heterocycles. The molecule has 126 valence electrons. The number of rotatable bonds is 4. The molecule has 0 bridgehead atoms. The monoisotopic (exact) mass is 335 g/mol. The van der Waals surface area contributed by atoms with Crippen molar-refractivity contribution in [2.24, 2.45) is 4.99 Å². The van der Waals surface area contributed by atoms with Crippen molar-refractivity contribution in [1.82, 2.24) is 0 Å². The lowest BCUT2D eigenvalue weighted by atomic mass is 10.1. The molecule has 6 heteroatoms. The number of aliphatic imine (C=N–C) groups is 1. The van der Waals surface area contributed by atoms with Crippen LogP contribution < -0.4 is 14.5 Å². The number of anilines is 2. The van der Waals surface area contributed by atoms with E-state index in [1.165, 1.54) is 16.0 Å². The van der Waals surface area contributed by atoms with E-state index in [1.54, 1.807) is 30.3 Å². The lowest BCUT2D eigenvalue weighted by Crippen LogP contribution is -2.38. The highest BCUT2D eigenvalue weighted by Gasteiger charge is 2.47. The summed E-state index contributed by atoms with van der Waals surface area (Å²) in [6.45, 7) is 2.66. The number of benzene rings is 2. The minimum Gasteiger partial charge on any atom is -0.494 e. The van der Waals surface area contributed by atoms with Crippen molar-refractivity contribution < 1.29 is 14.3 Å². The highest BCUT2D eigenvalue weighted by Crippen LogP contribution is 2.38. The number of imide groups is 1. The van der Waals surface area contributed by atoms with Crippen LogP contribution in [-0.4, -0.2) is 30.8 Å². The van der Waals surface area contributed by atoms with Gasteiger partial charge in [-0.2, -0.15) is 0 Å². The summed E-state index contributed by atoms with van der Waals surface area (Å²) >= 11 is 0. The number of para-hydroxylation sites is 2. The summed E-state index contributed by atoms with van der Waals surface area (Å²) in [5, 5.41) is 0. The van der Waals surface area contributed by atoms with Crippen molar-refractivity contribution >= 4 is 35.2 Å². The van der Waals surface area contributed by atoms with Gasteiger partial charge in [0.15, 0.2) is 6.04 Å². The van der Waals surface area contributed by atoms with Crippen molar-refractivity contribution in [1.29, 1.82) is 0 Å². The van der Waals surface area contributed by atoms with Gasteiger partial charge < -0.3 is 4.74 Å². The molecule has 4 rings (SSSR count). The maximum Gasteiger partial charge on any atom is 0.337 e. The molecule has 1 saturated heterocycles. The number of hydrogen-bond acceptors (Lipinski definition) is 4. The largest absolute Gasteiger partial charge is 0.494 e. The predicted octanol–water partition coefficient (Wildman–Crippen LogP) is 3.53. The van der Waals surface area contributed by atoms with Crippen molar-refractivity contribution in [3.05, 3.63) is 48.5 Å². The number of amides is 3. The number of nitrogens with zero attached hydrogens (tertiary/aromatic N) is 3. The molecule has 2 aromatic rings. The van der Waals surface area contributed by atoms with Crippen LogP contribution >= 0.6 is 0 Å². The molecule has 0 aliphatic carbocycles. The molecule has 1 fully saturated rings. The Morgan fingerprint density at radius 2 is 1.84 bits per heavy atom. The second-order valence-electron chi connectivity index (χ2n) is 5.88. The normalized spacial score (nSPS) is 18.4. The van der Waals surface area contributed by atoms with Crippen LogP contribution in [0.5, 0.6) is 5.75 Å². The summed E-state index contributed by atoms with van der Waals surface area (Å²) < 4.78 is 5.55. The molecule has 25 heavy (non-hydrogen) atoms. The van der Waals surface area contributed by atoms with Crippen LogP contribution in [0.1, 0.15) is 13.3 Å². The number of fused-ring (bicyclic) bond motifs is 3. The van der Waals surface area contributed by atoms with E-state index in [9.17, 15) is 9.59 Å². The third-order valence-corrected chi connectivity index (χ3v) is 4.21. The molecule has 3 amide bonds. The van der Waals surface area contributed by atoms with E-state index in [-0.39, 0.29) is 11.9 Å². The lowest BCUT2D eigenvalue weighted by Gasteiger charge is -2.24. The Balaban J connectivity index is 1.66. The zero-order chi connectivity index (χ0) is 17.4. The zero-order valence-electron chi connectivity index (χ0n) is 13.8. The topological polar surface area (TPSA) is 62.2 Å². The molecule has 2 aliphatic rings. The summed E-state index contributed by atoms with van der Waals surface area (Å²) in [7, 11) is 0. The SMILES string of the molecule is CCCOc1ccc(N2C(=O)C3C=Nc4ccccc4N3C2=O)cc1. The summed E-state index contributed by atoms with van der Waals surface area (Å²) in [5.74, 6) is 0.416. The van der Waals surface area contributed by atoms with Crippen LogP contribution in [0.15, 0.2) is 53.5 Å². The maximum atomic E-state index is 12.9. The Hall–Kier alpha value is -3.15. The second kappa shape index (κ2) is 6.05. The third-order valence-electron chi connectivity index (χ3n) is 4.21. The molecule has 6 nitrogen and oxygen atoms in total. The van der Waals surface area contributed by atoms with Gasteiger partial charge in [0, 0.05) is 6.21 Å². The molecule has 0 aromatic heterocycles. The van der Waals surface area contributed by atoms with E-state index in [0.29, 0.717) is 29.4 Å². The first-order valence-corrected chi connectivity index (χ1v) is 8.24. The Bertz CT molecular complexity index is 860. The van der Waals surface area contributed by atoms with Gasteiger partial charge in [0.25, 0.3) is 5.91 Å². The van der Waals surface area contributed by atoms with Gasteiger partial charge in [-0.3, -0.25) is 14.7 Å². The smallest absolute Gasteiger partial charge is 0.337 e. The molecule has 0 saturated carbocycles. The van der Waals surface area contributed by atoms with Crippen LogP contribution in [0.2, 0.25) is 0 Å². The first-order chi connectivity index (χ1) is 12.2. The molecule has 1 unspecified atom stereocenters. The number of carbonyl (C=O) groups excluding carboxylic acids is 2. The summed E-state index contributed by atoms with van der Waals surface area (Å²) in [4.78, 5) is 32.7. The molecule has 0 N–H and O–H groups in total. The summed E-state index contributed by atoms with van der Waals surface area (Å²) in [6.07, 6.45) is 2.45. The third kappa shape index (κ3) is 2.46. The zero-order valence-corrected chi connectivity index (χ0v) is 13.8. The molecule has 2 heterocycles. The summed E-state index contributed by atoms with van der Waals surface area (Å²) in [5.41, 5.74) is 1.86. The van der Waals surface area contributed by atoms with E-state index in [1.807, 2.05) is 25.1 Å².